The first kappa shape index (κ1) is 16.3. The van der Waals surface area contributed by atoms with Gasteiger partial charge in [-0.3, -0.25) is 4.79 Å². The molecule has 2 rings (SSSR count). The van der Waals surface area contributed by atoms with Gasteiger partial charge in [0.25, 0.3) is 0 Å². The largest absolute Gasteiger partial charge is 0.497 e. The van der Waals surface area contributed by atoms with Crippen LogP contribution in [0.4, 0.5) is 5.69 Å². The first-order valence-corrected chi connectivity index (χ1v) is 7.36. The Morgan fingerprint density at radius 2 is 1.91 bits per heavy atom. The Morgan fingerprint density at radius 1 is 1.18 bits per heavy atom. The zero-order chi connectivity index (χ0) is 15.9. The lowest BCUT2D eigenvalue weighted by atomic mass is 10.2. The normalized spacial score (nSPS) is 10.3. The van der Waals surface area contributed by atoms with Crippen molar-refractivity contribution in [1.29, 1.82) is 0 Å². The number of carbonyl (C=O) groups excluding carboxylic acids is 1. The van der Waals surface area contributed by atoms with Gasteiger partial charge >= 0.3 is 0 Å². The molecule has 4 nitrogen and oxygen atoms in total. The van der Waals surface area contributed by atoms with Gasteiger partial charge in [-0.05, 0) is 42.3 Å². The molecular formula is C17H19ClN2O2. The maximum atomic E-state index is 11.9. The SMILES string of the molecule is COc1ccc(CNCC(=O)Nc2cc(Cl)ccc2C)cc1. The number of hydrogen-bond donors (Lipinski definition) is 2. The molecule has 0 radical (unpaired) electrons. The summed E-state index contributed by atoms with van der Waals surface area (Å²) in [6, 6.07) is 13.1. The van der Waals surface area contributed by atoms with E-state index in [-0.39, 0.29) is 12.5 Å². The molecule has 0 saturated heterocycles. The van der Waals surface area contributed by atoms with E-state index in [0.29, 0.717) is 11.6 Å². The van der Waals surface area contributed by atoms with E-state index >= 15 is 0 Å². The number of ether oxygens (including phenoxy) is 1. The molecule has 2 aromatic carbocycles. The van der Waals surface area contributed by atoms with Crippen LogP contribution in [-0.2, 0) is 11.3 Å². The number of methoxy groups -OCH3 is 1. The Hall–Kier alpha value is -2.04. The molecule has 0 aliphatic carbocycles. The van der Waals surface area contributed by atoms with Crippen molar-refractivity contribution in [1.82, 2.24) is 5.32 Å². The second-order valence-corrected chi connectivity index (χ2v) is 5.40. The zero-order valence-electron chi connectivity index (χ0n) is 12.7. The minimum absolute atomic E-state index is 0.0983. The maximum absolute atomic E-state index is 11.9. The molecular weight excluding hydrogens is 300 g/mol. The first-order valence-electron chi connectivity index (χ1n) is 6.98. The average Bonchev–Trinajstić information content (AvgIpc) is 2.51. The number of carbonyl (C=O) groups is 1. The second-order valence-electron chi connectivity index (χ2n) is 4.96. The van der Waals surface area contributed by atoms with Crippen LogP contribution in [0.1, 0.15) is 11.1 Å². The van der Waals surface area contributed by atoms with E-state index < -0.39 is 0 Å². The third-order valence-corrected chi connectivity index (χ3v) is 3.48. The summed E-state index contributed by atoms with van der Waals surface area (Å²) in [6.45, 7) is 2.78. The van der Waals surface area contributed by atoms with Gasteiger partial charge in [0.2, 0.25) is 5.91 Å². The lowest BCUT2D eigenvalue weighted by Crippen LogP contribution is -2.27. The Bertz CT molecular complexity index is 642. The number of halogens is 1. The smallest absolute Gasteiger partial charge is 0.238 e. The highest BCUT2D eigenvalue weighted by atomic mass is 35.5. The van der Waals surface area contributed by atoms with E-state index in [0.717, 1.165) is 22.6 Å². The van der Waals surface area contributed by atoms with E-state index in [1.165, 1.54) is 0 Å². The highest BCUT2D eigenvalue weighted by Crippen LogP contribution is 2.19. The molecule has 0 unspecified atom stereocenters. The topological polar surface area (TPSA) is 50.4 Å². The van der Waals surface area contributed by atoms with Crippen LogP contribution < -0.4 is 15.4 Å². The number of rotatable bonds is 6. The summed E-state index contributed by atoms with van der Waals surface area (Å²) < 4.78 is 5.10. The fourth-order valence-electron chi connectivity index (χ4n) is 1.99. The third-order valence-electron chi connectivity index (χ3n) is 3.25. The fourth-order valence-corrected chi connectivity index (χ4v) is 2.16. The summed E-state index contributed by atoms with van der Waals surface area (Å²) >= 11 is 5.93. The Balaban J connectivity index is 1.81. The molecule has 2 N–H and O–H groups in total. The second kappa shape index (κ2) is 7.82. The van der Waals surface area contributed by atoms with Crippen molar-refractivity contribution in [3.63, 3.8) is 0 Å². The van der Waals surface area contributed by atoms with E-state index in [9.17, 15) is 4.79 Å². The van der Waals surface area contributed by atoms with Crippen LogP contribution in [0, 0.1) is 6.92 Å². The summed E-state index contributed by atoms with van der Waals surface area (Å²) in [6.07, 6.45) is 0. The van der Waals surface area contributed by atoms with Crippen LogP contribution in [0.15, 0.2) is 42.5 Å². The van der Waals surface area contributed by atoms with Crippen molar-refractivity contribution in [2.45, 2.75) is 13.5 Å². The summed E-state index contributed by atoms with van der Waals surface area (Å²) in [4.78, 5) is 11.9. The molecule has 0 fully saturated rings. The van der Waals surface area contributed by atoms with Crippen molar-refractivity contribution >= 4 is 23.2 Å². The van der Waals surface area contributed by atoms with E-state index in [1.807, 2.05) is 37.3 Å². The Kier molecular flexibility index (Phi) is 5.81. The van der Waals surface area contributed by atoms with Crippen molar-refractivity contribution < 1.29 is 9.53 Å². The summed E-state index contributed by atoms with van der Waals surface area (Å²) in [7, 11) is 1.63. The monoisotopic (exact) mass is 318 g/mol. The highest BCUT2D eigenvalue weighted by molar-refractivity contribution is 6.31. The van der Waals surface area contributed by atoms with Gasteiger partial charge in [-0.1, -0.05) is 29.8 Å². The Morgan fingerprint density at radius 3 is 2.59 bits per heavy atom. The number of aryl methyl sites for hydroxylation is 1. The van der Waals surface area contributed by atoms with Gasteiger partial charge in [-0.25, -0.2) is 0 Å². The van der Waals surface area contributed by atoms with Crippen LogP contribution in [0.2, 0.25) is 5.02 Å². The molecule has 5 heteroatoms. The predicted molar refractivity (Wildman–Crippen MR) is 89.5 cm³/mol. The van der Waals surface area contributed by atoms with Crippen molar-refractivity contribution in [2.75, 3.05) is 19.0 Å². The molecule has 0 aromatic heterocycles. The highest BCUT2D eigenvalue weighted by Gasteiger charge is 2.05. The van der Waals surface area contributed by atoms with Crippen molar-refractivity contribution in [2.24, 2.45) is 0 Å². The first-order chi connectivity index (χ1) is 10.6. The molecule has 22 heavy (non-hydrogen) atoms. The van der Waals surface area contributed by atoms with Gasteiger partial charge in [-0.2, -0.15) is 0 Å². The predicted octanol–water partition coefficient (Wildman–Crippen LogP) is 3.39. The van der Waals surface area contributed by atoms with Gasteiger partial charge in [0.05, 0.1) is 13.7 Å². The quantitative estimate of drug-likeness (QED) is 0.858. The molecule has 0 spiro atoms. The molecule has 116 valence electrons. The minimum atomic E-state index is -0.0983. The average molecular weight is 319 g/mol. The van der Waals surface area contributed by atoms with Crippen LogP contribution in [-0.4, -0.2) is 19.6 Å². The van der Waals surface area contributed by atoms with Crippen molar-refractivity contribution in [3.8, 4) is 5.75 Å². The Labute approximate surface area is 135 Å². The van der Waals surface area contributed by atoms with E-state index in [2.05, 4.69) is 10.6 Å². The van der Waals surface area contributed by atoms with E-state index in [1.54, 1.807) is 19.2 Å². The molecule has 0 heterocycles. The molecule has 2 aromatic rings. The number of hydrogen-bond acceptors (Lipinski definition) is 3. The summed E-state index contributed by atoms with van der Waals surface area (Å²) in [5, 5.41) is 6.56. The van der Waals surface area contributed by atoms with Gasteiger partial charge in [0.1, 0.15) is 5.75 Å². The molecule has 0 atom stereocenters. The van der Waals surface area contributed by atoms with Gasteiger partial charge < -0.3 is 15.4 Å². The molecule has 1 amide bonds. The summed E-state index contributed by atoms with van der Waals surface area (Å²) in [5.41, 5.74) is 2.81. The van der Waals surface area contributed by atoms with E-state index in [4.69, 9.17) is 16.3 Å². The van der Waals surface area contributed by atoms with Crippen molar-refractivity contribution in [3.05, 3.63) is 58.6 Å². The van der Waals surface area contributed by atoms with Gasteiger partial charge in [0, 0.05) is 17.3 Å². The zero-order valence-corrected chi connectivity index (χ0v) is 13.4. The molecule has 0 bridgehead atoms. The number of anilines is 1. The van der Waals surface area contributed by atoms with Crippen LogP contribution in [0.25, 0.3) is 0 Å². The summed E-state index contributed by atoms with van der Waals surface area (Å²) in [5.74, 6) is 0.719. The molecule has 0 saturated carbocycles. The fraction of sp³-hybridized carbons (Fsp3) is 0.235. The molecule has 0 aliphatic rings. The standard InChI is InChI=1S/C17H19ClN2O2/c1-12-3-6-14(18)9-16(12)20-17(21)11-19-10-13-4-7-15(22-2)8-5-13/h3-9,19H,10-11H2,1-2H3,(H,20,21). The number of benzene rings is 2. The molecule has 0 aliphatic heterocycles. The lowest BCUT2D eigenvalue weighted by molar-refractivity contribution is -0.115. The van der Waals surface area contributed by atoms with Gasteiger partial charge in [0.15, 0.2) is 0 Å². The minimum Gasteiger partial charge on any atom is -0.497 e. The maximum Gasteiger partial charge on any atom is 0.238 e. The number of amides is 1. The lowest BCUT2D eigenvalue weighted by Gasteiger charge is -2.10. The van der Waals surface area contributed by atoms with Crippen LogP contribution >= 0.6 is 11.6 Å². The third kappa shape index (κ3) is 4.76. The number of nitrogens with one attached hydrogen (secondary N) is 2. The van der Waals surface area contributed by atoms with Crippen LogP contribution in [0.3, 0.4) is 0 Å². The van der Waals surface area contributed by atoms with Gasteiger partial charge in [-0.15, -0.1) is 0 Å². The van der Waals surface area contributed by atoms with Crippen LogP contribution in [0.5, 0.6) is 5.75 Å².